The van der Waals surface area contributed by atoms with Crippen LogP contribution in [-0.4, -0.2) is 76.4 Å². The Bertz CT molecular complexity index is 793. The molecule has 0 aliphatic carbocycles. The van der Waals surface area contributed by atoms with Gasteiger partial charge < -0.3 is 20.1 Å². The van der Waals surface area contributed by atoms with Crippen LogP contribution >= 0.6 is 0 Å². The standard InChI is InChI=1S/C20H31N3O5S/c1-15-5-8-17(9-6-15)29(26,27)22-18-10-7-16(28-19(18)14-24)13-20(25)21-11-4-12-23(2)3/h5-10,16,18-19,22,24H,4,11-14H2,1-3H3,(H,21,25)/t16-,18+,19-/m1/s1. The molecule has 9 heteroatoms. The molecular weight excluding hydrogens is 394 g/mol. The van der Waals surface area contributed by atoms with Crippen molar-refractivity contribution in [1.82, 2.24) is 14.9 Å². The van der Waals surface area contributed by atoms with E-state index in [0.717, 1.165) is 18.5 Å². The highest BCUT2D eigenvalue weighted by atomic mass is 32.2. The monoisotopic (exact) mass is 425 g/mol. The van der Waals surface area contributed by atoms with Crippen LogP contribution in [0, 0.1) is 6.92 Å². The van der Waals surface area contributed by atoms with Gasteiger partial charge in [0.2, 0.25) is 15.9 Å². The maximum Gasteiger partial charge on any atom is 0.241 e. The summed E-state index contributed by atoms with van der Waals surface area (Å²) in [4.78, 5) is 14.3. The van der Waals surface area contributed by atoms with Gasteiger partial charge in [-0.1, -0.05) is 29.8 Å². The van der Waals surface area contributed by atoms with Gasteiger partial charge in [-0.25, -0.2) is 13.1 Å². The predicted molar refractivity (Wildman–Crippen MR) is 111 cm³/mol. The summed E-state index contributed by atoms with van der Waals surface area (Å²) < 4.78 is 33.4. The highest BCUT2D eigenvalue weighted by Gasteiger charge is 2.31. The minimum atomic E-state index is -3.76. The van der Waals surface area contributed by atoms with E-state index in [4.69, 9.17) is 4.74 Å². The number of rotatable bonds is 10. The number of hydrogen-bond acceptors (Lipinski definition) is 6. The quantitative estimate of drug-likeness (QED) is 0.370. The van der Waals surface area contributed by atoms with Gasteiger partial charge in [-0.2, -0.15) is 0 Å². The van der Waals surface area contributed by atoms with Gasteiger partial charge in [0.05, 0.1) is 30.1 Å². The van der Waals surface area contributed by atoms with Gasteiger partial charge in [0.25, 0.3) is 0 Å². The Morgan fingerprint density at radius 2 is 1.90 bits per heavy atom. The lowest BCUT2D eigenvalue weighted by atomic mass is 10.1. The van der Waals surface area contributed by atoms with Crippen LogP contribution in [0.15, 0.2) is 41.3 Å². The average molecular weight is 426 g/mol. The number of benzene rings is 1. The summed E-state index contributed by atoms with van der Waals surface area (Å²) in [6.07, 6.45) is 2.98. The first kappa shape index (κ1) is 23.5. The van der Waals surface area contributed by atoms with E-state index in [0.29, 0.717) is 6.54 Å². The fourth-order valence-corrected chi connectivity index (χ4v) is 4.17. The molecule has 3 N–H and O–H groups in total. The van der Waals surface area contributed by atoms with E-state index in [1.54, 1.807) is 24.3 Å². The molecule has 1 amide bonds. The number of aliphatic hydroxyl groups excluding tert-OH is 1. The number of aliphatic hydroxyl groups is 1. The summed E-state index contributed by atoms with van der Waals surface area (Å²) in [7, 11) is 0.189. The van der Waals surface area contributed by atoms with Crippen LogP contribution < -0.4 is 10.0 Å². The van der Waals surface area contributed by atoms with Crippen molar-refractivity contribution in [1.29, 1.82) is 0 Å². The van der Waals surface area contributed by atoms with Crippen molar-refractivity contribution in [3.63, 3.8) is 0 Å². The van der Waals surface area contributed by atoms with E-state index in [9.17, 15) is 18.3 Å². The van der Waals surface area contributed by atoms with Crippen LogP contribution in [0.2, 0.25) is 0 Å². The first-order valence-electron chi connectivity index (χ1n) is 9.66. The smallest absolute Gasteiger partial charge is 0.241 e. The summed E-state index contributed by atoms with van der Waals surface area (Å²) in [6.45, 7) is 2.97. The Morgan fingerprint density at radius 3 is 2.52 bits per heavy atom. The van der Waals surface area contributed by atoms with Gasteiger partial charge in [0.15, 0.2) is 0 Å². The highest BCUT2D eigenvalue weighted by molar-refractivity contribution is 7.89. The van der Waals surface area contributed by atoms with Crippen molar-refractivity contribution >= 4 is 15.9 Å². The Hall–Kier alpha value is -1.78. The first-order chi connectivity index (χ1) is 13.7. The molecule has 0 saturated carbocycles. The summed E-state index contributed by atoms with van der Waals surface area (Å²) in [5.41, 5.74) is 0.959. The van der Waals surface area contributed by atoms with Gasteiger partial charge in [-0.15, -0.1) is 0 Å². The second-order valence-electron chi connectivity index (χ2n) is 7.45. The Morgan fingerprint density at radius 1 is 1.21 bits per heavy atom. The molecule has 29 heavy (non-hydrogen) atoms. The lowest BCUT2D eigenvalue weighted by Crippen LogP contribution is -2.49. The van der Waals surface area contributed by atoms with Gasteiger partial charge in [0, 0.05) is 6.54 Å². The number of nitrogens with one attached hydrogen (secondary N) is 2. The van der Waals surface area contributed by atoms with Crippen molar-refractivity contribution in [3.8, 4) is 0 Å². The number of sulfonamides is 1. The second-order valence-corrected chi connectivity index (χ2v) is 9.17. The van der Waals surface area contributed by atoms with Crippen LogP contribution in [0.3, 0.4) is 0 Å². The fraction of sp³-hybridized carbons (Fsp3) is 0.550. The molecule has 2 rings (SSSR count). The minimum absolute atomic E-state index is 0.117. The molecule has 1 aliphatic rings. The molecule has 0 spiro atoms. The number of ether oxygens (including phenoxy) is 1. The lowest BCUT2D eigenvalue weighted by Gasteiger charge is -2.31. The summed E-state index contributed by atoms with van der Waals surface area (Å²) in [5, 5.41) is 12.5. The Balaban J connectivity index is 1.92. The van der Waals surface area contributed by atoms with Crippen molar-refractivity contribution in [3.05, 3.63) is 42.0 Å². The van der Waals surface area contributed by atoms with Crippen molar-refractivity contribution < 1.29 is 23.1 Å². The summed E-state index contributed by atoms with van der Waals surface area (Å²) in [6, 6.07) is 5.78. The number of carbonyl (C=O) groups excluding carboxylic acids is 1. The van der Waals surface area contributed by atoms with Gasteiger partial charge >= 0.3 is 0 Å². The summed E-state index contributed by atoms with van der Waals surface area (Å²) >= 11 is 0. The maximum absolute atomic E-state index is 12.6. The van der Waals surface area contributed by atoms with Gasteiger partial charge in [-0.05, 0) is 46.1 Å². The zero-order valence-electron chi connectivity index (χ0n) is 17.2. The molecule has 162 valence electrons. The van der Waals surface area contributed by atoms with Gasteiger partial charge in [-0.3, -0.25) is 4.79 Å². The molecule has 3 atom stereocenters. The lowest BCUT2D eigenvalue weighted by molar-refractivity contribution is -0.125. The third-order valence-electron chi connectivity index (χ3n) is 4.58. The van der Waals surface area contributed by atoms with E-state index in [-0.39, 0.29) is 23.8 Å². The number of aryl methyl sites for hydroxylation is 1. The first-order valence-corrected chi connectivity index (χ1v) is 11.1. The molecule has 0 fully saturated rings. The number of amides is 1. The fourth-order valence-electron chi connectivity index (χ4n) is 2.95. The van der Waals surface area contributed by atoms with Crippen molar-refractivity contribution in [2.75, 3.05) is 33.8 Å². The van der Waals surface area contributed by atoms with E-state index < -0.39 is 28.3 Å². The highest BCUT2D eigenvalue weighted by Crippen LogP contribution is 2.18. The number of hydrogen-bond donors (Lipinski definition) is 3. The predicted octanol–water partition coefficient (Wildman–Crippen LogP) is 0.416. The van der Waals surface area contributed by atoms with Gasteiger partial charge in [0.1, 0.15) is 6.10 Å². The van der Waals surface area contributed by atoms with Crippen LogP contribution in [0.5, 0.6) is 0 Å². The molecule has 1 heterocycles. The molecule has 1 aromatic rings. The normalized spacial score (nSPS) is 22.0. The SMILES string of the molecule is Cc1ccc(S(=O)(=O)N[C@H]2C=C[C@H](CC(=O)NCCCN(C)C)O[C@@H]2CO)cc1. The van der Waals surface area contributed by atoms with E-state index in [1.165, 1.54) is 12.1 Å². The third-order valence-corrected chi connectivity index (χ3v) is 6.05. The van der Waals surface area contributed by atoms with Crippen LogP contribution in [-0.2, 0) is 19.6 Å². The van der Waals surface area contributed by atoms with Crippen molar-refractivity contribution in [2.24, 2.45) is 0 Å². The number of carbonyl (C=O) groups is 1. The molecule has 0 unspecified atom stereocenters. The molecule has 1 aliphatic heterocycles. The van der Waals surface area contributed by atoms with E-state index in [2.05, 4.69) is 10.0 Å². The van der Waals surface area contributed by atoms with E-state index >= 15 is 0 Å². The van der Waals surface area contributed by atoms with E-state index in [1.807, 2.05) is 25.9 Å². The molecule has 1 aromatic carbocycles. The molecular formula is C20H31N3O5S. The zero-order chi connectivity index (χ0) is 21.4. The van der Waals surface area contributed by atoms with Crippen LogP contribution in [0.4, 0.5) is 0 Å². The molecule has 0 bridgehead atoms. The summed E-state index contributed by atoms with van der Waals surface area (Å²) in [5.74, 6) is -0.145. The Kier molecular flexibility index (Phi) is 8.79. The zero-order valence-corrected chi connectivity index (χ0v) is 18.0. The average Bonchev–Trinajstić information content (AvgIpc) is 2.66. The van der Waals surface area contributed by atoms with Crippen LogP contribution in [0.1, 0.15) is 18.4 Å². The largest absolute Gasteiger partial charge is 0.394 e. The molecule has 8 nitrogen and oxygen atoms in total. The minimum Gasteiger partial charge on any atom is -0.394 e. The molecule has 0 saturated heterocycles. The molecule has 0 radical (unpaired) electrons. The topological polar surface area (TPSA) is 108 Å². The number of nitrogens with zero attached hydrogens (tertiary/aromatic N) is 1. The third kappa shape index (κ3) is 7.52. The van der Waals surface area contributed by atoms with Crippen molar-refractivity contribution in [2.45, 2.75) is 42.9 Å². The van der Waals surface area contributed by atoms with Crippen LogP contribution in [0.25, 0.3) is 0 Å². The Labute approximate surface area is 173 Å². The molecule has 0 aromatic heterocycles. The second kappa shape index (κ2) is 10.8. The maximum atomic E-state index is 12.6.